The zero-order chi connectivity index (χ0) is 16.0. The van der Waals surface area contributed by atoms with Crippen molar-refractivity contribution in [2.45, 2.75) is 18.9 Å². The van der Waals surface area contributed by atoms with Crippen LogP contribution in [-0.2, 0) is 7.05 Å². The average Bonchev–Trinajstić information content (AvgIpc) is 3.35. The van der Waals surface area contributed by atoms with Gasteiger partial charge in [0.05, 0.1) is 11.1 Å². The van der Waals surface area contributed by atoms with E-state index in [4.69, 9.17) is 5.73 Å². The molecular weight excluding hydrogens is 292 g/mol. The van der Waals surface area contributed by atoms with Crippen LogP contribution in [0.5, 0.6) is 0 Å². The van der Waals surface area contributed by atoms with E-state index < -0.39 is 0 Å². The molecule has 0 bridgehead atoms. The molecule has 1 aliphatic rings. The lowest BCUT2D eigenvalue weighted by molar-refractivity contribution is 0.872. The topological polar surface area (TPSA) is 98.7 Å². The maximum atomic E-state index is 12.5. The number of fused-ring (bicyclic) bond motifs is 1. The Kier molecular flexibility index (Phi) is 3.00. The molecule has 23 heavy (non-hydrogen) atoms. The minimum absolute atomic E-state index is 0.0572. The summed E-state index contributed by atoms with van der Waals surface area (Å²) < 4.78 is 1.56. The van der Waals surface area contributed by atoms with Crippen LogP contribution in [0.2, 0.25) is 0 Å². The molecule has 0 aliphatic heterocycles. The van der Waals surface area contributed by atoms with Gasteiger partial charge in [-0.3, -0.25) is 4.79 Å². The average molecular weight is 308 g/mol. The van der Waals surface area contributed by atoms with Crippen molar-refractivity contribution in [1.82, 2.24) is 19.5 Å². The number of pyridine rings is 2. The highest BCUT2D eigenvalue weighted by Gasteiger charge is 2.23. The highest BCUT2D eigenvalue weighted by Crippen LogP contribution is 2.29. The van der Waals surface area contributed by atoms with Crippen LogP contribution >= 0.6 is 0 Å². The van der Waals surface area contributed by atoms with Crippen molar-refractivity contribution < 1.29 is 0 Å². The molecule has 1 aliphatic carbocycles. The number of nitrogens with two attached hydrogens (primary N) is 1. The van der Waals surface area contributed by atoms with Crippen LogP contribution in [0.25, 0.3) is 22.0 Å². The molecule has 116 valence electrons. The highest BCUT2D eigenvalue weighted by molar-refractivity contribution is 5.94. The molecule has 3 aromatic rings. The standard InChI is InChI=1S/C16H16N6O/c1-22-5-4-9-6-12(10-7-18-16(17)19-8-10)21-14(13(9)15(22)23)20-11-2-3-11/h4-8,11H,2-3H2,1H3,(H,20,21)(H2,17,18,19). The van der Waals surface area contributed by atoms with Crippen LogP contribution in [0.1, 0.15) is 12.8 Å². The molecule has 0 radical (unpaired) electrons. The third kappa shape index (κ3) is 2.50. The van der Waals surface area contributed by atoms with Gasteiger partial charge >= 0.3 is 0 Å². The second-order valence-corrected chi connectivity index (χ2v) is 5.80. The molecule has 0 spiro atoms. The Morgan fingerprint density at radius 2 is 2.04 bits per heavy atom. The Balaban J connectivity index is 1.94. The van der Waals surface area contributed by atoms with Gasteiger partial charge in [0.15, 0.2) is 0 Å². The molecule has 4 rings (SSSR count). The first-order valence-corrected chi connectivity index (χ1v) is 7.46. The molecule has 0 aromatic carbocycles. The van der Waals surface area contributed by atoms with Crippen molar-refractivity contribution in [3.63, 3.8) is 0 Å². The molecule has 0 unspecified atom stereocenters. The first kappa shape index (κ1) is 13.7. The van der Waals surface area contributed by atoms with Gasteiger partial charge < -0.3 is 15.6 Å². The summed E-state index contributed by atoms with van der Waals surface area (Å²) >= 11 is 0. The lowest BCUT2D eigenvalue weighted by Crippen LogP contribution is -2.18. The summed E-state index contributed by atoms with van der Waals surface area (Å²) in [5, 5.41) is 4.82. The molecule has 0 amide bonds. The van der Waals surface area contributed by atoms with E-state index in [0.29, 0.717) is 22.9 Å². The Labute approximate surface area is 132 Å². The molecule has 3 N–H and O–H groups in total. The van der Waals surface area contributed by atoms with Gasteiger partial charge in [-0.1, -0.05) is 0 Å². The highest BCUT2D eigenvalue weighted by atomic mass is 16.1. The Hall–Kier alpha value is -2.96. The summed E-state index contributed by atoms with van der Waals surface area (Å²) in [4.78, 5) is 25.1. The lowest BCUT2D eigenvalue weighted by atomic mass is 10.1. The molecular formula is C16H16N6O. The predicted octanol–water partition coefficient (Wildman–Crippen LogP) is 1.55. The summed E-state index contributed by atoms with van der Waals surface area (Å²) in [6.45, 7) is 0. The van der Waals surface area contributed by atoms with Gasteiger partial charge in [-0.25, -0.2) is 15.0 Å². The quantitative estimate of drug-likeness (QED) is 0.761. The summed E-state index contributed by atoms with van der Waals surface area (Å²) in [6, 6.07) is 4.19. The Morgan fingerprint density at radius 1 is 1.30 bits per heavy atom. The number of anilines is 2. The number of rotatable bonds is 3. The van der Waals surface area contributed by atoms with Crippen LogP contribution in [0.3, 0.4) is 0 Å². The number of nitrogen functional groups attached to an aromatic ring is 1. The summed E-state index contributed by atoms with van der Waals surface area (Å²) in [5.41, 5.74) is 6.96. The van der Waals surface area contributed by atoms with Gasteiger partial charge in [0.1, 0.15) is 5.82 Å². The third-order valence-corrected chi connectivity index (χ3v) is 3.95. The lowest BCUT2D eigenvalue weighted by Gasteiger charge is -2.11. The molecule has 7 heteroatoms. The first-order chi connectivity index (χ1) is 11.1. The summed E-state index contributed by atoms with van der Waals surface area (Å²) in [5.74, 6) is 0.845. The second-order valence-electron chi connectivity index (χ2n) is 5.80. The van der Waals surface area contributed by atoms with Crippen LogP contribution in [0.15, 0.2) is 35.5 Å². The summed E-state index contributed by atoms with van der Waals surface area (Å²) in [7, 11) is 1.74. The third-order valence-electron chi connectivity index (χ3n) is 3.95. The maximum absolute atomic E-state index is 12.5. The van der Waals surface area contributed by atoms with Crippen LogP contribution in [0.4, 0.5) is 11.8 Å². The van der Waals surface area contributed by atoms with Crippen molar-refractivity contribution in [1.29, 1.82) is 0 Å². The van der Waals surface area contributed by atoms with Crippen LogP contribution in [0, 0.1) is 0 Å². The smallest absolute Gasteiger partial charge is 0.261 e. The number of nitrogens with one attached hydrogen (secondary N) is 1. The fourth-order valence-corrected chi connectivity index (χ4v) is 2.50. The predicted molar refractivity (Wildman–Crippen MR) is 89.1 cm³/mol. The van der Waals surface area contributed by atoms with Crippen LogP contribution in [-0.4, -0.2) is 25.6 Å². The zero-order valence-electron chi connectivity index (χ0n) is 12.7. The van der Waals surface area contributed by atoms with E-state index in [-0.39, 0.29) is 11.5 Å². The molecule has 3 heterocycles. The zero-order valence-corrected chi connectivity index (χ0v) is 12.7. The van der Waals surface area contributed by atoms with E-state index in [2.05, 4.69) is 20.3 Å². The molecule has 7 nitrogen and oxygen atoms in total. The van der Waals surface area contributed by atoms with Crippen molar-refractivity contribution in [3.05, 3.63) is 41.1 Å². The maximum Gasteiger partial charge on any atom is 0.261 e. The molecule has 1 saturated carbocycles. The van der Waals surface area contributed by atoms with Gasteiger partial charge in [-0.05, 0) is 30.4 Å². The minimum Gasteiger partial charge on any atom is -0.368 e. The summed E-state index contributed by atoms with van der Waals surface area (Å²) in [6.07, 6.45) is 7.24. The van der Waals surface area contributed by atoms with E-state index in [1.54, 1.807) is 30.2 Å². The SMILES string of the molecule is Cn1ccc2cc(-c3cnc(N)nc3)nc(NC3CC3)c2c1=O. The van der Waals surface area contributed by atoms with Crippen molar-refractivity contribution in [3.8, 4) is 11.3 Å². The van der Waals surface area contributed by atoms with Gasteiger partial charge in [0.2, 0.25) is 5.95 Å². The second kappa shape index (κ2) is 5.05. The fourth-order valence-electron chi connectivity index (χ4n) is 2.50. The van der Waals surface area contributed by atoms with E-state index in [1.165, 1.54) is 0 Å². The van der Waals surface area contributed by atoms with Gasteiger partial charge in [0, 0.05) is 37.2 Å². The van der Waals surface area contributed by atoms with Crippen molar-refractivity contribution in [2.24, 2.45) is 7.05 Å². The molecule has 1 fully saturated rings. The van der Waals surface area contributed by atoms with E-state index in [0.717, 1.165) is 23.8 Å². The van der Waals surface area contributed by atoms with Gasteiger partial charge in [0.25, 0.3) is 5.56 Å². The minimum atomic E-state index is -0.0572. The first-order valence-electron chi connectivity index (χ1n) is 7.46. The molecule has 0 atom stereocenters. The van der Waals surface area contributed by atoms with Gasteiger partial charge in [-0.15, -0.1) is 0 Å². The normalized spacial score (nSPS) is 14.1. The van der Waals surface area contributed by atoms with Crippen LogP contribution < -0.4 is 16.6 Å². The van der Waals surface area contributed by atoms with E-state index >= 15 is 0 Å². The van der Waals surface area contributed by atoms with Crippen molar-refractivity contribution >= 4 is 22.5 Å². The number of hydrogen-bond donors (Lipinski definition) is 2. The van der Waals surface area contributed by atoms with Gasteiger partial charge in [-0.2, -0.15) is 0 Å². The number of aromatic nitrogens is 4. The largest absolute Gasteiger partial charge is 0.368 e. The Morgan fingerprint density at radius 3 is 2.74 bits per heavy atom. The number of aryl methyl sites for hydroxylation is 1. The monoisotopic (exact) mass is 308 g/mol. The van der Waals surface area contributed by atoms with E-state index in [9.17, 15) is 4.79 Å². The molecule has 3 aromatic heterocycles. The van der Waals surface area contributed by atoms with E-state index in [1.807, 2.05) is 12.1 Å². The van der Waals surface area contributed by atoms with Crippen molar-refractivity contribution in [2.75, 3.05) is 11.1 Å². The number of nitrogens with zero attached hydrogens (tertiary/aromatic N) is 4. The Bertz CT molecular complexity index is 943. The number of hydrogen-bond acceptors (Lipinski definition) is 6. The fraction of sp³-hybridized carbons (Fsp3) is 0.250. The molecule has 0 saturated heterocycles.